The van der Waals surface area contributed by atoms with E-state index >= 15 is 0 Å². The van der Waals surface area contributed by atoms with Crippen LogP contribution in [0.5, 0.6) is 0 Å². The lowest BCUT2D eigenvalue weighted by molar-refractivity contribution is 0.0735. The molecular formula is C20H25N3O. The van der Waals surface area contributed by atoms with Crippen molar-refractivity contribution in [1.82, 2.24) is 9.88 Å². The number of hydrogen-bond acceptors (Lipinski definition) is 3. The first kappa shape index (κ1) is 16.5. The molecule has 0 aliphatic carbocycles. The van der Waals surface area contributed by atoms with Crippen LogP contribution in [0.15, 0.2) is 36.5 Å². The summed E-state index contributed by atoms with van der Waals surface area (Å²) in [5.41, 5.74) is 4.41. The van der Waals surface area contributed by atoms with Crippen molar-refractivity contribution in [2.75, 3.05) is 25.5 Å². The summed E-state index contributed by atoms with van der Waals surface area (Å²) in [5.74, 6) is 0.938. The minimum atomic E-state index is 0.0782. The molecule has 0 radical (unpaired) electrons. The zero-order valence-corrected chi connectivity index (χ0v) is 14.9. The molecule has 4 heteroatoms. The number of aryl methyl sites for hydroxylation is 2. The third kappa shape index (κ3) is 3.28. The summed E-state index contributed by atoms with van der Waals surface area (Å²) in [6.45, 7) is 5.04. The van der Waals surface area contributed by atoms with E-state index < -0.39 is 0 Å². The van der Waals surface area contributed by atoms with Gasteiger partial charge in [-0.2, -0.15) is 0 Å². The summed E-state index contributed by atoms with van der Waals surface area (Å²) in [6.07, 6.45) is 3.76. The second-order valence-electron chi connectivity index (χ2n) is 6.88. The maximum Gasteiger partial charge on any atom is 0.255 e. The van der Waals surface area contributed by atoms with Crippen LogP contribution in [-0.2, 0) is 0 Å². The van der Waals surface area contributed by atoms with Crippen molar-refractivity contribution < 1.29 is 4.79 Å². The monoisotopic (exact) mass is 323 g/mol. The van der Waals surface area contributed by atoms with E-state index in [-0.39, 0.29) is 11.9 Å². The van der Waals surface area contributed by atoms with E-state index in [4.69, 9.17) is 0 Å². The van der Waals surface area contributed by atoms with Gasteiger partial charge in [0.25, 0.3) is 5.91 Å². The standard InChI is InChI=1S/C20H25N3O/c1-14-10-15(2)12-17(11-14)18-6-5-9-23(18)20(24)16-7-8-19(21-13-16)22(3)4/h7-8,10-13,18H,5-6,9H2,1-4H3. The van der Waals surface area contributed by atoms with Crippen molar-refractivity contribution in [1.29, 1.82) is 0 Å². The van der Waals surface area contributed by atoms with Crippen LogP contribution >= 0.6 is 0 Å². The smallest absolute Gasteiger partial charge is 0.255 e. The van der Waals surface area contributed by atoms with Gasteiger partial charge in [0.05, 0.1) is 11.6 Å². The molecule has 1 amide bonds. The number of anilines is 1. The van der Waals surface area contributed by atoms with E-state index in [2.05, 4.69) is 37.0 Å². The van der Waals surface area contributed by atoms with Crippen LogP contribution in [0.1, 0.15) is 45.9 Å². The largest absolute Gasteiger partial charge is 0.363 e. The Hall–Kier alpha value is -2.36. The molecule has 0 saturated carbocycles. The summed E-state index contributed by atoms with van der Waals surface area (Å²) in [5, 5.41) is 0. The third-order valence-corrected chi connectivity index (χ3v) is 4.60. The van der Waals surface area contributed by atoms with E-state index in [1.807, 2.05) is 36.0 Å². The summed E-state index contributed by atoms with van der Waals surface area (Å²) in [7, 11) is 3.89. The maximum absolute atomic E-state index is 13.0. The van der Waals surface area contributed by atoms with Crippen LogP contribution in [0.2, 0.25) is 0 Å². The molecule has 2 heterocycles. The highest BCUT2D eigenvalue weighted by atomic mass is 16.2. The van der Waals surface area contributed by atoms with Gasteiger partial charge in [-0.15, -0.1) is 0 Å². The van der Waals surface area contributed by atoms with Gasteiger partial charge in [0.1, 0.15) is 5.82 Å². The number of aromatic nitrogens is 1. The minimum absolute atomic E-state index is 0.0782. The number of hydrogen-bond donors (Lipinski definition) is 0. The van der Waals surface area contributed by atoms with Crippen molar-refractivity contribution in [2.24, 2.45) is 0 Å². The molecule has 2 aromatic rings. The number of benzene rings is 1. The van der Waals surface area contributed by atoms with E-state index in [9.17, 15) is 4.79 Å². The minimum Gasteiger partial charge on any atom is -0.363 e. The van der Waals surface area contributed by atoms with Crippen molar-refractivity contribution in [2.45, 2.75) is 32.7 Å². The van der Waals surface area contributed by atoms with Crippen LogP contribution in [0, 0.1) is 13.8 Å². The van der Waals surface area contributed by atoms with Crippen LogP contribution < -0.4 is 4.90 Å². The molecule has 1 atom stereocenters. The Bertz CT molecular complexity index is 717. The van der Waals surface area contributed by atoms with Gasteiger partial charge >= 0.3 is 0 Å². The second-order valence-corrected chi connectivity index (χ2v) is 6.88. The van der Waals surface area contributed by atoms with E-state index in [1.54, 1.807) is 6.20 Å². The molecular weight excluding hydrogens is 298 g/mol. The third-order valence-electron chi connectivity index (χ3n) is 4.60. The number of pyridine rings is 1. The van der Waals surface area contributed by atoms with Crippen molar-refractivity contribution in [3.63, 3.8) is 0 Å². The van der Waals surface area contributed by atoms with Gasteiger partial charge in [0.15, 0.2) is 0 Å². The topological polar surface area (TPSA) is 36.4 Å². The normalized spacial score (nSPS) is 17.2. The average Bonchev–Trinajstić information content (AvgIpc) is 3.03. The van der Waals surface area contributed by atoms with Crippen molar-refractivity contribution in [3.05, 3.63) is 58.8 Å². The van der Waals surface area contributed by atoms with Gasteiger partial charge in [-0.25, -0.2) is 4.98 Å². The Morgan fingerprint density at radius 1 is 1.17 bits per heavy atom. The highest BCUT2D eigenvalue weighted by Crippen LogP contribution is 2.34. The number of carbonyl (C=O) groups is 1. The first-order chi connectivity index (χ1) is 11.5. The molecule has 1 aromatic heterocycles. The fourth-order valence-corrected chi connectivity index (χ4v) is 3.50. The molecule has 1 saturated heterocycles. The van der Waals surface area contributed by atoms with Gasteiger partial charge in [-0.1, -0.05) is 29.3 Å². The first-order valence-corrected chi connectivity index (χ1v) is 8.48. The van der Waals surface area contributed by atoms with Gasteiger partial charge in [0, 0.05) is 26.8 Å². The fourth-order valence-electron chi connectivity index (χ4n) is 3.50. The number of rotatable bonds is 3. The highest BCUT2D eigenvalue weighted by Gasteiger charge is 2.30. The number of amides is 1. The lowest BCUT2D eigenvalue weighted by Crippen LogP contribution is -2.30. The number of nitrogens with zero attached hydrogens (tertiary/aromatic N) is 3. The zero-order chi connectivity index (χ0) is 17.3. The predicted molar refractivity (Wildman–Crippen MR) is 97.5 cm³/mol. The summed E-state index contributed by atoms with van der Waals surface area (Å²) < 4.78 is 0. The van der Waals surface area contributed by atoms with Crippen LogP contribution in [-0.4, -0.2) is 36.4 Å². The summed E-state index contributed by atoms with van der Waals surface area (Å²) in [4.78, 5) is 21.3. The van der Waals surface area contributed by atoms with Gasteiger partial charge < -0.3 is 9.80 Å². The average molecular weight is 323 g/mol. The first-order valence-electron chi connectivity index (χ1n) is 8.48. The van der Waals surface area contributed by atoms with Crippen LogP contribution in [0.25, 0.3) is 0 Å². The Balaban J connectivity index is 1.85. The fraction of sp³-hybridized carbons (Fsp3) is 0.400. The molecule has 0 spiro atoms. The van der Waals surface area contributed by atoms with Gasteiger partial charge in [-0.05, 0) is 44.4 Å². The maximum atomic E-state index is 13.0. The Morgan fingerprint density at radius 3 is 2.46 bits per heavy atom. The molecule has 1 fully saturated rings. The molecule has 1 unspecified atom stereocenters. The Morgan fingerprint density at radius 2 is 1.88 bits per heavy atom. The van der Waals surface area contributed by atoms with Crippen LogP contribution in [0.3, 0.4) is 0 Å². The Kier molecular flexibility index (Phi) is 4.56. The molecule has 126 valence electrons. The molecule has 0 bridgehead atoms. The van der Waals surface area contributed by atoms with Gasteiger partial charge in [-0.3, -0.25) is 4.79 Å². The van der Waals surface area contributed by atoms with Crippen LogP contribution in [0.4, 0.5) is 5.82 Å². The number of carbonyl (C=O) groups excluding carboxylic acids is 1. The summed E-state index contributed by atoms with van der Waals surface area (Å²) in [6, 6.07) is 10.5. The quantitative estimate of drug-likeness (QED) is 0.863. The SMILES string of the molecule is Cc1cc(C)cc(C2CCCN2C(=O)c2ccc(N(C)C)nc2)c1. The van der Waals surface area contributed by atoms with Crippen molar-refractivity contribution >= 4 is 11.7 Å². The van der Waals surface area contributed by atoms with E-state index in [0.717, 1.165) is 25.2 Å². The molecule has 24 heavy (non-hydrogen) atoms. The zero-order valence-electron chi connectivity index (χ0n) is 14.9. The lowest BCUT2D eigenvalue weighted by Gasteiger charge is -2.26. The molecule has 1 aromatic carbocycles. The van der Waals surface area contributed by atoms with E-state index in [0.29, 0.717) is 5.56 Å². The molecule has 1 aliphatic heterocycles. The van der Waals surface area contributed by atoms with Gasteiger partial charge in [0.2, 0.25) is 0 Å². The molecule has 4 nitrogen and oxygen atoms in total. The van der Waals surface area contributed by atoms with E-state index in [1.165, 1.54) is 16.7 Å². The number of likely N-dealkylation sites (tertiary alicyclic amines) is 1. The second kappa shape index (κ2) is 6.63. The van der Waals surface area contributed by atoms with Crippen molar-refractivity contribution in [3.8, 4) is 0 Å². The molecule has 3 rings (SSSR count). The highest BCUT2D eigenvalue weighted by molar-refractivity contribution is 5.94. The molecule has 1 aliphatic rings. The predicted octanol–water partition coefficient (Wildman–Crippen LogP) is 3.74. The Labute approximate surface area is 144 Å². The lowest BCUT2D eigenvalue weighted by atomic mass is 9.99. The molecule has 0 N–H and O–H groups in total. The summed E-state index contributed by atoms with van der Waals surface area (Å²) >= 11 is 0.